The van der Waals surface area contributed by atoms with E-state index in [-0.39, 0.29) is 11.6 Å². The molecule has 2 nitrogen and oxygen atoms in total. The number of benzene rings is 1. The average Bonchev–Trinajstić information content (AvgIpc) is 3.11. The van der Waals surface area contributed by atoms with Crippen LogP contribution < -0.4 is 4.74 Å². The quantitative estimate of drug-likeness (QED) is 0.764. The van der Waals surface area contributed by atoms with Crippen LogP contribution in [0.4, 0.5) is 13.2 Å². The largest absolute Gasteiger partial charge is 0.435 e. The van der Waals surface area contributed by atoms with Crippen molar-refractivity contribution in [3.8, 4) is 5.75 Å². The normalized spacial score (nSPS) is 29.6. The number of fused-ring (bicyclic) bond motifs is 1. The minimum absolute atomic E-state index is 0.0900. The molecule has 18 heavy (non-hydrogen) atoms. The minimum Gasteiger partial charge on any atom is -0.435 e. The second-order valence-corrected chi connectivity index (χ2v) is 4.81. The van der Waals surface area contributed by atoms with Crippen molar-refractivity contribution < 1.29 is 22.6 Å². The minimum atomic E-state index is -3.70. The van der Waals surface area contributed by atoms with Crippen molar-refractivity contribution in [2.75, 3.05) is 0 Å². The number of rotatable bonds is 2. The van der Waals surface area contributed by atoms with Gasteiger partial charge in [-0.15, -0.1) is 11.6 Å². The monoisotopic (exact) mass is 278 g/mol. The third-order valence-electron chi connectivity index (χ3n) is 3.09. The second kappa shape index (κ2) is 3.78. The Hall–Kier alpha value is -0.940. The van der Waals surface area contributed by atoms with Crippen LogP contribution in [0.1, 0.15) is 24.0 Å². The smallest absolute Gasteiger partial charge is 0.391 e. The van der Waals surface area contributed by atoms with Crippen molar-refractivity contribution in [3.63, 3.8) is 0 Å². The summed E-state index contributed by atoms with van der Waals surface area (Å²) in [7, 11) is 0. The molecular formula is C12H10ClF3O2. The molecule has 1 atom stereocenters. The van der Waals surface area contributed by atoms with Gasteiger partial charge in [-0.3, -0.25) is 0 Å². The summed E-state index contributed by atoms with van der Waals surface area (Å²) in [6.45, 7) is 0. The molecule has 98 valence electrons. The van der Waals surface area contributed by atoms with E-state index in [0.29, 0.717) is 18.4 Å². The lowest BCUT2D eigenvalue weighted by Crippen LogP contribution is -2.46. The Bertz CT molecular complexity index is 490. The van der Waals surface area contributed by atoms with Crippen LogP contribution >= 0.6 is 11.6 Å². The van der Waals surface area contributed by atoms with Crippen LogP contribution in [0.3, 0.4) is 0 Å². The summed E-state index contributed by atoms with van der Waals surface area (Å²) in [4.78, 5) is 0. The molecule has 0 bridgehead atoms. The fraction of sp³-hybridized carbons (Fsp3) is 0.500. The Morgan fingerprint density at radius 2 is 2.00 bits per heavy atom. The van der Waals surface area contributed by atoms with E-state index < -0.39 is 23.6 Å². The van der Waals surface area contributed by atoms with Gasteiger partial charge in [0.05, 0.1) is 11.5 Å². The standard InChI is InChI=1S/C12H10ClF3O2/c13-6-7-1-4-10-9(5-7)11(14,15)18-12(16,17-10)8-2-3-8/h1,4-5,8H,2-3,6H2. The zero-order valence-corrected chi connectivity index (χ0v) is 10.0. The molecule has 1 aliphatic heterocycles. The molecule has 1 aromatic carbocycles. The molecule has 1 aliphatic carbocycles. The highest BCUT2D eigenvalue weighted by Gasteiger charge is 2.60. The fourth-order valence-electron chi connectivity index (χ4n) is 1.97. The first-order valence-corrected chi connectivity index (χ1v) is 6.13. The van der Waals surface area contributed by atoms with Crippen LogP contribution in [0, 0.1) is 5.92 Å². The molecule has 0 N–H and O–H groups in total. The molecule has 1 fully saturated rings. The van der Waals surface area contributed by atoms with Crippen LogP contribution in [0.2, 0.25) is 0 Å². The molecule has 0 radical (unpaired) electrons. The predicted molar refractivity (Wildman–Crippen MR) is 58.2 cm³/mol. The Balaban J connectivity index is 2.04. The summed E-state index contributed by atoms with van der Waals surface area (Å²) >= 11 is 5.58. The maximum atomic E-state index is 14.2. The average molecular weight is 279 g/mol. The van der Waals surface area contributed by atoms with Gasteiger partial charge in [0.25, 0.3) is 0 Å². The highest BCUT2D eigenvalue weighted by Crippen LogP contribution is 2.53. The van der Waals surface area contributed by atoms with Gasteiger partial charge in [0, 0.05) is 5.88 Å². The lowest BCUT2D eigenvalue weighted by Gasteiger charge is -2.36. The number of hydrogen-bond donors (Lipinski definition) is 0. The number of halogens is 4. The van der Waals surface area contributed by atoms with Gasteiger partial charge in [-0.25, -0.2) is 4.74 Å². The SMILES string of the molecule is FC1(F)OC(F)(C2CC2)Oc2ccc(CCl)cc21. The van der Waals surface area contributed by atoms with Gasteiger partial charge in [0.1, 0.15) is 5.75 Å². The summed E-state index contributed by atoms with van der Waals surface area (Å²) in [6, 6.07) is 1.29. The van der Waals surface area contributed by atoms with Gasteiger partial charge in [-0.2, -0.15) is 13.2 Å². The van der Waals surface area contributed by atoms with Crippen LogP contribution in [-0.2, 0) is 16.7 Å². The summed E-state index contributed by atoms with van der Waals surface area (Å²) in [5.74, 6) is -0.717. The molecule has 0 aromatic heterocycles. The molecule has 0 amide bonds. The van der Waals surface area contributed by atoms with Crippen molar-refractivity contribution in [2.24, 2.45) is 5.92 Å². The van der Waals surface area contributed by atoms with Crippen LogP contribution in [0.15, 0.2) is 18.2 Å². The lowest BCUT2D eigenvalue weighted by molar-refractivity contribution is -0.420. The van der Waals surface area contributed by atoms with Crippen molar-refractivity contribution in [1.82, 2.24) is 0 Å². The summed E-state index contributed by atoms with van der Waals surface area (Å²) in [5.41, 5.74) is 0.0228. The maximum Gasteiger partial charge on any atom is 0.391 e. The first-order valence-electron chi connectivity index (χ1n) is 5.60. The first-order chi connectivity index (χ1) is 8.44. The van der Waals surface area contributed by atoms with E-state index in [1.54, 1.807) is 0 Å². The zero-order chi connectivity index (χ0) is 13.0. The predicted octanol–water partition coefficient (Wildman–Crippen LogP) is 3.92. The van der Waals surface area contributed by atoms with E-state index in [1.165, 1.54) is 18.2 Å². The highest BCUT2D eigenvalue weighted by atomic mass is 35.5. The van der Waals surface area contributed by atoms with E-state index in [4.69, 9.17) is 16.3 Å². The van der Waals surface area contributed by atoms with Gasteiger partial charge in [0.2, 0.25) is 0 Å². The lowest BCUT2D eigenvalue weighted by atomic mass is 10.1. The molecule has 0 spiro atoms. The summed E-state index contributed by atoms with van der Waals surface area (Å²) in [5, 5.41) is 0. The number of ether oxygens (including phenoxy) is 2. The van der Waals surface area contributed by atoms with Crippen molar-refractivity contribution >= 4 is 11.6 Å². The van der Waals surface area contributed by atoms with E-state index in [9.17, 15) is 13.2 Å². The van der Waals surface area contributed by atoms with Gasteiger partial charge in [-0.05, 0) is 30.5 Å². The molecule has 3 rings (SSSR count). The van der Waals surface area contributed by atoms with Gasteiger partial charge in [-0.1, -0.05) is 6.07 Å². The summed E-state index contributed by atoms with van der Waals surface area (Å²) < 4.78 is 51.0. The number of hydrogen-bond acceptors (Lipinski definition) is 2. The molecule has 1 saturated carbocycles. The van der Waals surface area contributed by atoms with E-state index in [0.717, 1.165) is 0 Å². The second-order valence-electron chi connectivity index (χ2n) is 4.54. The Morgan fingerprint density at radius 1 is 1.28 bits per heavy atom. The van der Waals surface area contributed by atoms with Crippen molar-refractivity contribution in [1.29, 1.82) is 0 Å². The third-order valence-corrected chi connectivity index (χ3v) is 3.40. The topological polar surface area (TPSA) is 18.5 Å². The molecule has 1 heterocycles. The molecular weight excluding hydrogens is 269 g/mol. The molecule has 0 saturated heterocycles. The molecule has 2 aliphatic rings. The molecule has 1 unspecified atom stereocenters. The van der Waals surface area contributed by atoms with E-state index in [2.05, 4.69) is 4.74 Å². The fourth-order valence-corrected chi connectivity index (χ4v) is 2.14. The van der Waals surface area contributed by atoms with E-state index in [1.807, 2.05) is 0 Å². The van der Waals surface area contributed by atoms with Gasteiger partial charge >= 0.3 is 12.1 Å². The molecule has 1 aromatic rings. The van der Waals surface area contributed by atoms with Gasteiger partial charge < -0.3 is 4.74 Å². The maximum absolute atomic E-state index is 14.2. The molecule has 6 heteroatoms. The summed E-state index contributed by atoms with van der Waals surface area (Å²) in [6.07, 6.45) is -2.73. The van der Waals surface area contributed by atoms with Gasteiger partial charge in [0.15, 0.2) is 0 Å². The Labute approximate surface area is 107 Å². The van der Waals surface area contributed by atoms with Crippen LogP contribution in [0.25, 0.3) is 0 Å². The van der Waals surface area contributed by atoms with Crippen LogP contribution in [0.5, 0.6) is 5.75 Å². The first kappa shape index (κ1) is 12.1. The van der Waals surface area contributed by atoms with Crippen LogP contribution in [-0.4, -0.2) is 6.04 Å². The number of alkyl halides is 4. The van der Waals surface area contributed by atoms with E-state index >= 15 is 0 Å². The van der Waals surface area contributed by atoms with Crippen molar-refractivity contribution in [2.45, 2.75) is 30.9 Å². The zero-order valence-electron chi connectivity index (χ0n) is 9.26. The highest BCUT2D eigenvalue weighted by molar-refractivity contribution is 6.17. The van der Waals surface area contributed by atoms with Crippen molar-refractivity contribution in [3.05, 3.63) is 29.3 Å². The Morgan fingerprint density at radius 3 is 2.61 bits per heavy atom. The Kier molecular flexibility index (Phi) is 2.54. The third kappa shape index (κ3) is 1.86.